The van der Waals surface area contributed by atoms with Crippen molar-refractivity contribution >= 4 is 5.71 Å². The second-order valence-corrected chi connectivity index (χ2v) is 4.58. The van der Waals surface area contributed by atoms with E-state index in [9.17, 15) is 0 Å². The molecular weight excluding hydrogens is 262 g/mol. The van der Waals surface area contributed by atoms with E-state index in [2.05, 4.69) is 27.0 Å². The van der Waals surface area contributed by atoms with Gasteiger partial charge < -0.3 is 4.84 Å². The first-order valence-corrected chi connectivity index (χ1v) is 6.68. The molecule has 4 nitrogen and oxygen atoms in total. The molecule has 0 aliphatic heterocycles. The highest BCUT2D eigenvalue weighted by Crippen LogP contribution is 2.00. The summed E-state index contributed by atoms with van der Waals surface area (Å²) in [4.78, 5) is 13.8. The maximum atomic E-state index is 5.19. The van der Waals surface area contributed by atoms with Crippen LogP contribution in [0.25, 0.3) is 0 Å². The lowest BCUT2D eigenvalue weighted by molar-refractivity contribution is 0.179. The molecule has 0 saturated heterocycles. The van der Waals surface area contributed by atoms with Crippen LogP contribution in [0.2, 0.25) is 0 Å². The highest BCUT2D eigenvalue weighted by molar-refractivity contribution is 5.96. The van der Waals surface area contributed by atoms with Crippen LogP contribution in [0.3, 0.4) is 0 Å². The molecule has 0 bridgehead atoms. The lowest BCUT2D eigenvalue weighted by atomic mass is 10.2. The second kappa shape index (κ2) is 7.20. The van der Waals surface area contributed by atoms with Crippen LogP contribution in [0, 0.1) is 25.7 Å². The van der Waals surface area contributed by atoms with Crippen LogP contribution in [0.15, 0.2) is 41.6 Å². The molecule has 0 spiro atoms. The number of rotatable bonds is 3. The van der Waals surface area contributed by atoms with Gasteiger partial charge in [-0.1, -0.05) is 23.2 Å². The molecular formula is C17H17N3O. The molecule has 0 N–H and O–H groups in total. The Kier molecular flexibility index (Phi) is 5.05. The molecule has 2 aromatic heterocycles. The fourth-order valence-corrected chi connectivity index (χ4v) is 1.69. The van der Waals surface area contributed by atoms with Crippen molar-refractivity contribution in [3.63, 3.8) is 0 Å². The van der Waals surface area contributed by atoms with Gasteiger partial charge in [0.25, 0.3) is 0 Å². The van der Waals surface area contributed by atoms with E-state index >= 15 is 0 Å². The van der Waals surface area contributed by atoms with Gasteiger partial charge in [-0.25, -0.2) is 4.98 Å². The fourth-order valence-electron chi connectivity index (χ4n) is 1.69. The zero-order chi connectivity index (χ0) is 15.1. The third-order valence-electron chi connectivity index (χ3n) is 2.70. The number of aromatic nitrogens is 2. The van der Waals surface area contributed by atoms with Gasteiger partial charge in [0.05, 0.1) is 5.69 Å². The van der Waals surface area contributed by atoms with Crippen molar-refractivity contribution in [3.05, 3.63) is 59.2 Å². The SMILES string of the molecule is CC(=NOCC#Cc1cccc(C)n1)c1cccc(C)n1. The van der Waals surface area contributed by atoms with Gasteiger partial charge in [0.1, 0.15) is 11.4 Å². The minimum atomic E-state index is 0.221. The summed E-state index contributed by atoms with van der Waals surface area (Å²) in [5.74, 6) is 5.82. The maximum absolute atomic E-state index is 5.19. The number of nitrogens with zero attached hydrogens (tertiary/aromatic N) is 3. The Morgan fingerprint density at radius 3 is 2.52 bits per heavy atom. The predicted molar refractivity (Wildman–Crippen MR) is 83.0 cm³/mol. The molecule has 106 valence electrons. The van der Waals surface area contributed by atoms with E-state index in [1.807, 2.05) is 57.2 Å². The van der Waals surface area contributed by atoms with Crippen LogP contribution in [0.5, 0.6) is 0 Å². The maximum Gasteiger partial charge on any atom is 0.177 e. The Bertz CT molecular complexity index is 711. The predicted octanol–water partition coefficient (Wildman–Crippen LogP) is 2.89. The van der Waals surface area contributed by atoms with Crippen molar-refractivity contribution in [2.45, 2.75) is 20.8 Å². The highest BCUT2D eigenvalue weighted by Gasteiger charge is 1.99. The van der Waals surface area contributed by atoms with Gasteiger partial charge in [0, 0.05) is 11.4 Å². The van der Waals surface area contributed by atoms with Crippen molar-refractivity contribution in [2.75, 3.05) is 6.61 Å². The van der Waals surface area contributed by atoms with Gasteiger partial charge in [0.2, 0.25) is 0 Å². The van der Waals surface area contributed by atoms with Gasteiger partial charge >= 0.3 is 0 Å². The fraction of sp³-hybridized carbons (Fsp3) is 0.235. The second-order valence-electron chi connectivity index (χ2n) is 4.58. The molecule has 0 aliphatic rings. The van der Waals surface area contributed by atoms with E-state index in [-0.39, 0.29) is 6.61 Å². The molecule has 2 aromatic rings. The summed E-state index contributed by atoms with van der Waals surface area (Å²) in [7, 11) is 0. The molecule has 0 radical (unpaired) electrons. The summed E-state index contributed by atoms with van der Waals surface area (Å²) in [5, 5.41) is 4.02. The minimum Gasteiger partial charge on any atom is -0.382 e. The normalized spacial score (nSPS) is 10.7. The van der Waals surface area contributed by atoms with Gasteiger partial charge in [-0.15, -0.1) is 0 Å². The van der Waals surface area contributed by atoms with E-state index in [1.54, 1.807) is 0 Å². The van der Waals surface area contributed by atoms with E-state index in [0.717, 1.165) is 28.5 Å². The molecule has 2 heterocycles. The molecule has 0 atom stereocenters. The zero-order valence-corrected chi connectivity index (χ0v) is 12.4. The summed E-state index contributed by atoms with van der Waals surface area (Å²) in [6.45, 7) is 5.96. The minimum absolute atomic E-state index is 0.221. The number of hydrogen-bond acceptors (Lipinski definition) is 4. The number of oxime groups is 1. The Labute approximate surface area is 124 Å². The van der Waals surface area contributed by atoms with Crippen LogP contribution in [0.1, 0.15) is 29.7 Å². The molecule has 4 heteroatoms. The van der Waals surface area contributed by atoms with Crippen LogP contribution in [-0.2, 0) is 4.84 Å². The van der Waals surface area contributed by atoms with Crippen molar-refractivity contribution in [3.8, 4) is 11.8 Å². The molecule has 0 aliphatic carbocycles. The number of aryl methyl sites for hydroxylation is 2. The number of pyridine rings is 2. The summed E-state index contributed by atoms with van der Waals surface area (Å²) in [5.41, 5.74) is 4.17. The van der Waals surface area contributed by atoms with Gasteiger partial charge in [0.15, 0.2) is 6.61 Å². The third-order valence-corrected chi connectivity index (χ3v) is 2.70. The summed E-state index contributed by atoms with van der Waals surface area (Å²) in [6.07, 6.45) is 0. The molecule has 0 unspecified atom stereocenters. The van der Waals surface area contributed by atoms with Crippen molar-refractivity contribution < 1.29 is 4.84 Å². The average Bonchev–Trinajstić information content (AvgIpc) is 2.47. The summed E-state index contributed by atoms with van der Waals surface area (Å²) < 4.78 is 0. The average molecular weight is 279 g/mol. The van der Waals surface area contributed by atoms with Crippen LogP contribution in [-0.4, -0.2) is 22.3 Å². The van der Waals surface area contributed by atoms with Crippen LogP contribution >= 0.6 is 0 Å². The molecule has 2 rings (SSSR count). The molecule has 0 fully saturated rings. The third kappa shape index (κ3) is 4.73. The van der Waals surface area contributed by atoms with Gasteiger partial charge in [-0.2, -0.15) is 0 Å². The molecule has 21 heavy (non-hydrogen) atoms. The van der Waals surface area contributed by atoms with Crippen molar-refractivity contribution in [2.24, 2.45) is 5.16 Å². The van der Waals surface area contributed by atoms with E-state index < -0.39 is 0 Å². The van der Waals surface area contributed by atoms with E-state index in [4.69, 9.17) is 4.84 Å². The Balaban J connectivity index is 1.91. The Hall–Kier alpha value is -2.67. The molecule has 0 amide bonds. The largest absolute Gasteiger partial charge is 0.382 e. The quantitative estimate of drug-likeness (QED) is 0.375. The van der Waals surface area contributed by atoms with Gasteiger partial charge in [-0.05, 0) is 51.0 Å². The van der Waals surface area contributed by atoms with Crippen molar-refractivity contribution in [1.82, 2.24) is 9.97 Å². The van der Waals surface area contributed by atoms with Crippen LogP contribution in [0.4, 0.5) is 0 Å². The lowest BCUT2D eigenvalue weighted by Crippen LogP contribution is -2.00. The first kappa shape index (κ1) is 14.7. The first-order chi connectivity index (χ1) is 10.1. The smallest absolute Gasteiger partial charge is 0.177 e. The van der Waals surface area contributed by atoms with Crippen LogP contribution < -0.4 is 0 Å². The summed E-state index contributed by atoms with van der Waals surface area (Å²) in [6, 6.07) is 11.5. The lowest BCUT2D eigenvalue weighted by Gasteiger charge is -2.00. The van der Waals surface area contributed by atoms with Gasteiger partial charge in [-0.3, -0.25) is 4.98 Å². The monoisotopic (exact) mass is 279 g/mol. The zero-order valence-electron chi connectivity index (χ0n) is 12.4. The topological polar surface area (TPSA) is 47.4 Å². The Morgan fingerprint density at radius 2 is 1.81 bits per heavy atom. The number of hydrogen-bond donors (Lipinski definition) is 0. The van der Waals surface area contributed by atoms with E-state index in [1.165, 1.54) is 0 Å². The Morgan fingerprint density at radius 1 is 1.10 bits per heavy atom. The van der Waals surface area contributed by atoms with Crippen molar-refractivity contribution in [1.29, 1.82) is 0 Å². The first-order valence-electron chi connectivity index (χ1n) is 6.68. The summed E-state index contributed by atoms with van der Waals surface area (Å²) >= 11 is 0. The molecule has 0 saturated carbocycles. The molecule has 0 aromatic carbocycles. The standard InChI is InChI=1S/C17H17N3O/c1-13-7-4-9-16(18-13)10-6-12-21-20-15(3)17-11-5-8-14(2)19-17/h4-5,7-9,11H,12H2,1-3H3. The highest BCUT2D eigenvalue weighted by atomic mass is 16.6. The van der Waals surface area contributed by atoms with E-state index in [0.29, 0.717) is 0 Å².